The predicted molar refractivity (Wildman–Crippen MR) is 92.5 cm³/mol. The van der Waals surface area contributed by atoms with E-state index in [1.54, 1.807) is 12.1 Å². The van der Waals surface area contributed by atoms with Crippen LogP contribution < -0.4 is 11.1 Å². The molecular weight excluding hydrogens is 288 g/mol. The third kappa shape index (κ3) is 4.52. The van der Waals surface area contributed by atoms with E-state index in [0.29, 0.717) is 18.0 Å². The monoisotopic (exact) mass is 312 g/mol. The standard InChI is InChI=1S/C18H24N4O/c1-11(2)15-9-16(22-18(21-15)12(3)4)20-10-13-5-7-14(8-6-13)17(19)23/h5-9,11-12H,10H2,1-4H3,(H2,19,23)(H,20,21,22). The lowest BCUT2D eigenvalue weighted by Gasteiger charge is -2.13. The molecule has 0 aliphatic carbocycles. The highest BCUT2D eigenvalue weighted by Crippen LogP contribution is 2.20. The lowest BCUT2D eigenvalue weighted by Crippen LogP contribution is -2.11. The normalized spacial score (nSPS) is 11.0. The van der Waals surface area contributed by atoms with Crippen molar-refractivity contribution in [2.24, 2.45) is 5.73 Å². The van der Waals surface area contributed by atoms with Crippen molar-refractivity contribution in [2.45, 2.75) is 46.1 Å². The number of nitrogens with zero attached hydrogens (tertiary/aromatic N) is 2. The van der Waals surface area contributed by atoms with E-state index >= 15 is 0 Å². The Hall–Kier alpha value is -2.43. The maximum Gasteiger partial charge on any atom is 0.248 e. The number of nitrogens with one attached hydrogen (secondary N) is 1. The Morgan fingerprint density at radius 1 is 1.09 bits per heavy atom. The van der Waals surface area contributed by atoms with Crippen LogP contribution in [0.2, 0.25) is 0 Å². The fourth-order valence-corrected chi connectivity index (χ4v) is 2.11. The number of aromatic nitrogens is 2. The van der Waals surface area contributed by atoms with Crippen LogP contribution in [-0.2, 0) is 6.54 Å². The van der Waals surface area contributed by atoms with E-state index < -0.39 is 5.91 Å². The summed E-state index contributed by atoms with van der Waals surface area (Å²) in [5.74, 6) is 1.90. The Bertz CT molecular complexity index is 652. The first-order chi connectivity index (χ1) is 10.9. The zero-order valence-corrected chi connectivity index (χ0v) is 14.1. The molecule has 5 heteroatoms. The highest BCUT2D eigenvalue weighted by Gasteiger charge is 2.10. The van der Waals surface area contributed by atoms with Crippen molar-refractivity contribution in [3.8, 4) is 0 Å². The number of benzene rings is 1. The summed E-state index contributed by atoms with van der Waals surface area (Å²) in [4.78, 5) is 20.3. The van der Waals surface area contributed by atoms with Gasteiger partial charge in [-0.15, -0.1) is 0 Å². The average molecular weight is 312 g/mol. The summed E-state index contributed by atoms with van der Waals surface area (Å²) in [6.45, 7) is 9.06. The van der Waals surface area contributed by atoms with Gasteiger partial charge in [0.2, 0.25) is 5.91 Å². The van der Waals surface area contributed by atoms with Crippen molar-refractivity contribution in [3.63, 3.8) is 0 Å². The molecule has 122 valence electrons. The van der Waals surface area contributed by atoms with Gasteiger partial charge in [0.25, 0.3) is 0 Å². The van der Waals surface area contributed by atoms with Crippen molar-refractivity contribution >= 4 is 11.7 Å². The predicted octanol–water partition coefficient (Wildman–Crippen LogP) is 3.43. The smallest absolute Gasteiger partial charge is 0.248 e. The molecule has 1 amide bonds. The lowest BCUT2D eigenvalue weighted by atomic mass is 10.1. The van der Waals surface area contributed by atoms with Gasteiger partial charge in [0, 0.05) is 29.8 Å². The van der Waals surface area contributed by atoms with Crippen LogP contribution >= 0.6 is 0 Å². The number of amides is 1. The van der Waals surface area contributed by atoms with Crippen LogP contribution in [0.5, 0.6) is 0 Å². The molecule has 0 aliphatic heterocycles. The van der Waals surface area contributed by atoms with Crippen LogP contribution in [0.1, 0.15) is 67.0 Å². The van der Waals surface area contributed by atoms with Crippen LogP contribution in [0.3, 0.4) is 0 Å². The average Bonchev–Trinajstić information content (AvgIpc) is 2.52. The summed E-state index contributed by atoms with van der Waals surface area (Å²) in [5.41, 5.74) is 7.86. The van der Waals surface area contributed by atoms with Gasteiger partial charge in [-0.2, -0.15) is 0 Å². The molecule has 0 aliphatic rings. The molecule has 1 aromatic carbocycles. The molecule has 0 atom stereocenters. The number of primary amides is 1. The topological polar surface area (TPSA) is 80.9 Å². The maximum absolute atomic E-state index is 11.1. The minimum Gasteiger partial charge on any atom is -0.366 e. The summed E-state index contributed by atoms with van der Waals surface area (Å²) in [7, 11) is 0. The molecule has 3 N–H and O–H groups in total. The first-order valence-corrected chi connectivity index (χ1v) is 7.88. The zero-order chi connectivity index (χ0) is 17.0. The first-order valence-electron chi connectivity index (χ1n) is 7.88. The van der Waals surface area contributed by atoms with E-state index in [9.17, 15) is 4.79 Å². The summed E-state index contributed by atoms with van der Waals surface area (Å²) in [6, 6.07) is 9.24. The molecule has 0 unspecified atom stereocenters. The Labute approximate surface area is 137 Å². The quantitative estimate of drug-likeness (QED) is 0.856. The molecular formula is C18H24N4O. The summed E-state index contributed by atoms with van der Waals surface area (Å²) >= 11 is 0. The van der Waals surface area contributed by atoms with Crippen LogP contribution in [-0.4, -0.2) is 15.9 Å². The van der Waals surface area contributed by atoms with Gasteiger partial charge in [-0.3, -0.25) is 4.79 Å². The minimum atomic E-state index is -0.413. The van der Waals surface area contributed by atoms with Crippen molar-refractivity contribution in [2.75, 3.05) is 5.32 Å². The third-order valence-corrected chi connectivity index (χ3v) is 3.58. The second-order valence-corrected chi connectivity index (χ2v) is 6.26. The molecule has 0 spiro atoms. The Morgan fingerprint density at radius 3 is 2.26 bits per heavy atom. The van der Waals surface area contributed by atoms with E-state index in [0.717, 1.165) is 22.9 Å². The fraction of sp³-hybridized carbons (Fsp3) is 0.389. The first kappa shape index (κ1) is 16.9. The number of rotatable bonds is 6. The third-order valence-electron chi connectivity index (χ3n) is 3.58. The molecule has 5 nitrogen and oxygen atoms in total. The van der Waals surface area contributed by atoms with Crippen LogP contribution in [0, 0.1) is 0 Å². The van der Waals surface area contributed by atoms with Crippen molar-refractivity contribution < 1.29 is 4.79 Å². The van der Waals surface area contributed by atoms with Crippen molar-refractivity contribution in [1.29, 1.82) is 0 Å². The van der Waals surface area contributed by atoms with Gasteiger partial charge in [0.15, 0.2) is 0 Å². The van der Waals surface area contributed by atoms with Crippen LogP contribution in [0.15, 0.2) is 30.3 Å². The van der Waals surface area contributed by atoms with Gasteiger partial charge in [-0.05, 0) is 23.6 Å². The number of carbonyl (C=O) groups excluding carboxylic acids is 1. The summed E-state index contributed by atoms with van der Waals surface area (Å²) < 4.78 is 0. The van der Waals surface area contributed by atoms with Crippen LogP contribution in [0.25, 0.3) is 0 Å². The van der Waals surface area contributed by atoms with Gasteiger partial charge in [-0.1, -0.05) is 39.8 Å². The number of hydrogen-bond donors (Lipinski definition) is 2. The molecule has 1 aromatic heterocycles. The second-order valence-electron chi connectivity index (χ2n) is 6.26. The minimum absolute atomic E-state index is 0.282. The van der Waals surface area contributed by atoms with Crippen molar-refractivity contribution in [3.05, 3.63) is 53.0 Å². The molecule has 1 heterocycles. The maximum atomic E-state index is 11.1. The van der Waals surface area contributed by atoms with Gasteiger partial charge in [0.1, 0.15) is 11.6 Å². The van der Waals surface area contributed by atoms with Gasteiger partial charge in [0.05, 0.1) is 0 Å². The highest BCUT2D eigenvalue weighted by molar-refractivity contribution is 5.92. The SMILES string of the molecule is CC(C)c1cc(NCc2ccc(C(N)=O)cc2)nc(C(C)C)n1. The number of anilines is 1. The van der Waals surface area contributed by atoms with E-state index in [-0.39, 0.29) is 5.92 Å². The molecule has 2 rings (SSSR count). The molecule has 0 fully saturated rings. The van der Waals surface area contributed by atoms with Crippen LogP contribution in [0.4, 0.5) is 5.82 Å². The lowest BCUT2D eigenvalue weighted by molar-refractivity contribution is 0.100. The molecule has 23 heavy (non-hydrogen) atoms. The Kier molecular flexibility index (Phi) is 5.32. The zero-order valence-electron chi connectivity index (χ0n) is 14.1. The number of hydrogen-bond acceptors (Lipinski definition) is 4. The van der Waals surface area contributed by atoms with E-state index in [1.165, 1.54) is 0 Å². The molecule has 0 saturated heterocycles. The van der Waals surface area contributed by atoms with E-state index in [2.05, 4.69) is 43.0 Å². The second kappa shape index (κ2) is 7.22. The number of nitrogens with two attached hydrogens (primary N) is 1. The van der Waals surface area contributed by atoms with Gasteiger partial charge >= 0.3 is 0 Å². The molecule has 0 radical (unpaired) electrons. The largest absolute Gasteiger partial charge is 0.366 e. The molecule has 2 aromatic rings. The Morgan fingerprint density at radius 2 is 1.74 bits per heavy atom. The number of carbonyl (C=O) groups is 1. The summed E-state index contributed by atoms with van der Waals surface area (Å²) in [5, 5.41) is 3.33. The Balaban J connectivity index is 2.14. The summed E-state index contributed by atoms with van der Waals surface area (Å²) in [6.07, 6.45) is 0. The van der Waals surface area contributed by atoms with Gasteiger partial charge in [-0.25, -0.2) is 9.97 Å². The highest BCUT2D eigenvalue weighted by atomic mass is 16.1. The van der Waals surface area contributed by atoms with E-state index in [1.807, 2.05) is 18.2 Å². The fourth-order valence-electron chi connectivity index (χ4n) is 2.11. The van der Waals surface area contributed by atoms with Crippen molar-refractivity contribution in [1.82, 2.24) is 9.97 Å². The molecule has 0 bridgehead atoms. The molecule has 0 saturated carbocycles. The van der Waals surface area contributed by atoms with Gasteiger partial charge < -0.3 is 11.1 Å². The van der Waals surface area contributed by atoms with E-state index in [4.69, 9.17) is 5.73 Å².